The van der Waals surface area contributed by atoms with Crippen molar-refractivity contribution < 1.29 is 0 Å². The Labute approximate surface area is 70.3 Å². The Hall–Kier alpha value is -1.45. The lowest BCUT2D eigenvalue weighted by molar-refractivity contribution is 0.841. The molecule has 0 aliphatic heterocycles. The lowest BCUT2D eigenvalue weighted by Crippen LogP contribution is -2.00. The molecule has 0 aromatic carbocycles. The Balaban J connectivity index is 2.80. The number of hydrogen-bond donors (Lipinski definition) is 0. The third-order valence-corrected chi connectivity index (χ3v) is 1.82. The molecule has 0 saturated carbocycles. The summed E-state index contributed by atoms with van der Waals surface area (Å²) in [5.74, 6) is 0.687. The molecular weight excluding hydrogens is 152 g/mol. The van der Waals surface area contributed by atoms with Crippen molar-refractivity contribution in [2.24, 2.45) is 0 Å². The van der Waals surface area contributed by atoms with E-state index in [-0.39, 0.29) is 0 Å². The van der Waals surface area contributed by atoms with Crippen LogP contribution in [0.2, 0.25) is 0 Å². The third-order valence-electron chi connectivity index (χ3n) is 1.82. The molecule has 0 spiro atoms. The van der Waals surface area contributed by atoms with Gasteiger partial charge in [0.2, 0.25) is 0 Å². The van der Waals surface area contributed by atoms with Crippen molar-refractivity contribution in [3.8, 4) is 0 Å². The zero-order valence-corrected chi connectivity index (χ0v) is 7.15. The molecule has 2 aromatic rings. The maximum absolute atomic E-state index is 4.23. The summed E-state index contributed by atoms with van der Waals surface area (Å²) in [4.78, 5) is 8.26. The van der Waals surface area contributed by atoms with Crippen LogP contribution in [0.1, 0.15) is 18.3 Å². The molecule has 2 aromatic heterocycles. The van der Waals surface area contributed by atoms with Crippen LogP contribution in [0.4, 0.5) is 0 Å². The highest BCUT2D eigenvalue weighted by atomic mass is 15.3. The summed E-state index contributed by atoms with van der Waals surface area (Å²) >= 11 is 0. The SMILES string of the molecule is CCc1cc(C)nc2ncnn12. The van der Waals surface area contributed by atoms with E-state index < -0.39 is 0 Å². The second kappa shape index (κ2) is 2.55. The molecule has 0 aliphatic rings. The van der Waals surface area contributed by atoms with Gasteiger partial charge in [-0.25, -0.2) is 9.50 Å². The normalized spacial score (nSPS) is 10.8. The van der Waals surface area contributed by atoms with Crippen LogP contribution >= 0.6 is 0 Å². The molecule has 2 rings (SSSR count). The lowest BCUT2D eigenvalue weighted by atomic mass is 10.3. The van der Waals surface area contributed by atoms with Gasteiger partial charge in [0.25, 0.3) is 5.78 Å². The minimum absolute atomic E-state index is 0.687. The van der Waals surface area contributed by atoms with Crippen LogP contribution in [0.3, 0.4) is 0 Å². The molecule has 0 unspecified atom stereocenters. The van der Waals surface area contributed by atoms with Gasteiger partial charge in [-0.15, -0.1) is 0 Å². The summed E-state index contributed by atoms with van der Waals surface area (Å²) in [6.45, 7) is 4.06. The molecule has 0 aliphatic carbocycles. The zero-order valence-electron chi connectivity index (χ0n) is 7.15. The zero-order chi connectivity index (χ0) is 8.55. The second-order valence-electron chi connectivity index (χ2n) is 2.71. The Morgan fingerprint density at radius 2 is 2.33 bits per heavy atom. The van der Waals surface area contributed by atoms with E-state index in [0.717, 1.165) is 17.8 Å². The van der Waals surface area contributed by atoms with Gasteiger partial charge in [-0.3, -0.25) is 0 Å². The Morgan fingerprint density at radius 1 is 1.50 bits per heavy atom. The maximum Gasteiger partial charge on any atom is 0.252 e. The number of nitrogens with zero attached hydrogens (tertiary/aromatic N) is 4. The lowest BCUT2D eigenvalue weighted by Gasteiger charge is -2.00. The Kier molecular flexibility index (Phi) is 1.53. The third kappa shape index (κ3) is 0.958. The van der Waals surface area contributed by atoms with Crippen molar-refractivity contribution in [3.63, 3.8) is 0 Å². The minimum atomic E-state index is 0.687. The first-order chi connectivity index (χ1) is 5.81. The van der Waals surface area contributed by atoms with Gasteiger partial charge in [0.05, 0.1) is 0 Å². The quantitative estimate of drug-likeness (QED) is 0.628. The summed E-state index contributed by atoms with van der Waals surface area (Å²) in [7, 11) is 0. The van der Waals surface area contributed by atoms with Crippen molar-refractivity contribution in [2.75, 3.05) is 0 Å². The summed E-state index contributed by atoms with van der Waals surface area (Å²) < 4.78 is 1.77. The molecular formula is C8H10N4. The fourth-order valence-corrected chi connectivity index (χ4v) is 1.26. The first-order valence-electron chi connectivity index (χ1n) is 3.97. The number of hydrogen-bond acceptors (Lipinski definition) is 3. The van der Waals surface area contributed by atoms with Crippen LogP contribution < -0.4 is 0 Å². The average molecular weight is 162 g/mol. The first-order valence-corrected chi connectivity index (χ1v) is 3.97. The van der Waals surface area contributed by atoms with Crippen molar-refractivity contribution in [1.29, 1.82) is 0 Å². The van der Waals surface area contributed by atoms with Crippen molar-refractivity contribution in [2.45, 2.75) is 20.3 Å². The highest BCUT2D eigenvalue weighted by molar-refractivity contribution is 5.29. The topological polar surface area (TPSA) is 43.1 Å². The number of aryl methyl sites for hydroxylation is 2. The van der Waals surface area contributed by atoms with E-state index in [1.54, 1.807) is 4.52 Å². The molecule has 0 fully saturated rings. The van der Waals surface area contributed by atoms with E-state index in [0.29, 0.717) is 5.78 Å². The number of aromatic nitrogens is 4. The fourth-order valence-electron chi connectivity index (χ4n) is 1.26. The van der Waals surface area contributed by atoms with Crippen LogP contribution in [0.25, 0.3) is 5.78 Å². The summed E-state index contributed by atoms with van der Waals surface area (Å²) in [6.07, 6.45) is 2.48. The molecule has 0 saturated heterocycles. The largest absolute Gasteiger partial charge is 0.252 e. The van der Waals surface area contributed by atoms with Crippen LogP contribution in [-0.2, 0) is 6.42 Å². The highest BCUT2D eigenvalue weighted by Crippen LogP contribution is 2.04. The van der Waals surface area contributed by atoms with Gasteiger partial charge in [-0.1, -0.05) is 6.92 Å². The molecule has 0 amide bonds. The van der Waals surface area contributed by atoms with Crippen LogP contribution in [-0.4, -0.2) is 19.6 Å². The van der Waals surface area contributed by atoms with Gasteiger partial charge in [0, 0.05) is 11.4 Å². The average Bonchev–Trinajstić information content (AvgIpc) is 2.50. The van der Waals surface area contributed by atoms with Crippen LogP contribution in [0.15, 0.2) is 12.4 Å². The maximum atomic E-state index is 4.23. The summed E-state index contributed by atoms with van der Waals surface area (Å²) in [6, 6.07) is 2.03. The van der Waals surface area contributed by atoms with Gasteiger partial charge in [-0.05, 0) is 19.4 Å². The van der Waals surface area contributed by atoms with Gasteiger partial charge < -0.3 is 0 Å². The van der Waals surface area contributed by atoms with Crippen molar-refractivity contribution in [3.05, 3.63) is 23.8 Å². The van der Waals surface area contributed by atoms with Crippen LogP contribution in [0.5, 0.6) is 0 Å². The van der Waals surface area contributed by atoms with E-state index in [2.05, 4.69) is 22.0 Å². The second-order valence-corrected chi connectivity index (χ2v) is 2.71. The van der Waals surface area contributed by atoms with E-state index in [1.807, 2.05) is 13.0 Å². The smallest absolute Gasteiger partial charge is 0.216 e. The Bertz CT molecular complexity index is 404. The molecule has 0 atom stereocenters. The van der Waals surface area contributed by atoms with E-state index in [9.17, 15) is 0 Å². The Morgan fingerprint density at radius 3 is 3.08 bits per heavy atom. The standard InChI is InChI=1S/C8H10N4/c1-3-7-4-6(2)11-8-9-5-10-12(7)8/h4-5H,3H2,1-2H3. The van der Waals surface area contributed by atoms with Gasteiger partial charge in [-0.2, -0.15) is 10.1 Å². The fraction of sp³-hybridized carbons (Fsp3) is 0.375. The molecule has 4 nitrogen and oxygen atoms in total. The number of fused-ring (bicyclic) bond motifs is 1. The van der Waals surface area contributed by atoms with Gasteiger partial charge >= 0.3 is 0 Å². The molecule has 12 heavy (non-hydrogen) atoms. The monoisotopic (exact) mass is 162 g/mol. The first kappa shape index (κ1) is 7.21. The molecule has 0 N–H and O–H groups in total. The molecule has 0 radical (unpaired) electrons. The molecule has 0 bridgehead atoms. The number of rotatable bonds is 1. The van der Waals surface area contributed by atoms with Crippen molar-refractivity contribution >= 4 is 5.78 Å². The van der Waals surface area contributed by atoms with E-state index in [4.69, 9.17) is 0 Å². The van der Waals surface area contributed by atoms with Gasteiger partial charge in [0.1, 0.15) is 6.33 Å². The van der Waals surface area contributed by atoms with E-state index >= 15 is 0 Å². The summed E-state index contributed by atoms with van der Waals surface area (Å²) in [5, 5.41) is 4.07. The van der Waals surface area contributed by atoms with Gasteiger partial charge in [0.15, 0.2) is 0 Å². The highest BCUT2D eigenvalue weighted by Gasteiger charge is 2.02. The van der Waals surface area contributed by atoms with Crippen LogP contribution in [0, 0.1) is 6.92 Å². The molecule has 62 valence electrons. The predicted molar refractivity (Wildman–Crippen MR) is 44.9 cm³/mol. The molecule has 2 heterocycles. The van der Waals surface area contributed by atoms with E-state index in [1.165, 1.54) is 6.33 Å². The molecule has 4 heteroatoms. The predicted octanol–water partition coefficient (Wildman–Crippen LogP) is 0.995. The minimum Gasteiger partial charge on any atom is -0.216 e. The summed E-state index contributed by atoms with van der Waals surface area (Å²) in [5.41, 5.74) is 2.14. The van der Waals surface area contributed by atoms with Crippen molar-refractivity contribution in [1.82, 2.24) is 19.6 Å².